The van der Waals surface area contributed by atoms with E-state index in [4.69, 9.17) is 4.98 Å². The molecule has 3 heteroatoms. The second-order valence-corrected chi connectivity index (χ2v) is 7.71. The molecule has 0 saturated carbocycles. The van der Waals surface area contributed by atoms with Crippen LogP contribution in [0.25, 0.3) is 54.8 Å². The van der Waals surface area contributed by atoms with Crippen molar-refractivity contribution in [2.24, 2.45) is 0 Å². The Bertz CT molecular complexity index is 1740. The molecule has 0 radical (unpaired) electrons. The normalized spacial score (nSPS) is 12.0. The molecule has 0 spiro atoms. The van der Waals surface area contributed by atoms with Crippen LogP contribution in [0.5, 0.6) is 0 Å². The lowest BCUT2D eigenvalue weighted by molar-refractivity contribution is 1.19. The third kappa shape index (κ3) is 1.91. The molecule has 0 fully saturated rings. The lowest BCUT2D eigenvalue weighted by Gasteiger charge is -2.13. The molecule has 3 heterocycles. The number of hydrogen-bond donors (Lipinski definition) is 0. The summed E-state index contributed by atoms with van der Waals surface area (Å²) >= 11 is 0. The smallest absolute Gasteiger partial charge is 0.145 e. The van der Waals surface area contributed by atoms with Crippen LogP contribution in [0.2, 0.25) is 0 Å². The van der Waals surface area contributed by atoms with E-state index in [9.17, 15) is 0 Å². The molecule has 0 amide bonds. The third-order valence-electron chi connectivity index (χ3n) is 6.17. The minimum Gasteiger partial charge on any atom is -0.309 e. The summed E-state index contributed by atoms with van der Waals surface area (Å²) < 4.78 is 4.60. The number of hydrogen-bond acceptors (Lipinski definition) is 1. The summed E-state index contributed by atoms with van der Waals surface area (Å²) in [5.74, 6) is 0. The number of nitrogens with zero attached hydrogens (tertiary/aromatic N) is 3. The molecule has 0 atom stereocenters. The van der Waals surface area contributed by atoms with Crippen LogP contribution in [0.3, 0.4) is 0 Å². The Morgan fingerprint density at radius 1 is 0.567 bits per heavy atom. The first-order valence-corrected chi connectivity index (χ1v) is 10.2. The first-order valence-electron chi connectivity index (χ1n) is 10.2. The highest BCUT2D eigenvalue weighted by atomic mass is 15.0. The largest absolute Gasteiger partial charge is 0.309 e. The van der Waals surface area contributed by atoms with Crippen LogP contribution in [0.4, 0.5) is 0 Å². The van der Waals surface area contributed by atoms with Crippen molar-refractivity contribution < 1.29 is 0 Å². The number of fused-ring (bicyclic) bond motifs is 10. The van der Waals surface area contributed by atoms with Crippen LogP contribution in [0.15, 0.2) is 103 Å². The Hall–Kier alpha value is -4.11. The Kier molecular flexibility index (Phi) is 3.00. The van der Waals surface area contributed by atoms with E-state index >= 15 is 0 Å². The first-order chi connectivity index (χ1) is 14.9. The van der Waals surface area contributed by atoms with E-state index in [-0.39, 0.29) is 0 Å². The van der Waals surface area contributed by atoms with Gasteiger partial charge in [0.1, 0.15) is 5.65 Å². The summed E-state index contributed by atoms with van der Waals surface area (Å²) in [6.45, 7) is 0. The zero-order valence-electron chi connectivity index (χ0n) is 16.2. The molecule has 0 aliphatic heterocycles. The maximum atomic E-state index is 4.71. The highest BCUT2D eigenvalue weighted by molar-refractivity contribution is 6.27. The number of benzene rings is 4. The minimum absolute atomic E-state index is 0.996. The second-order valence-electron chi connectivity index (χ2n) is 7.71. The van der Waals surface area contributed by atoms with E-state index < -0.39 is 0 Å². The van der Waals surface area contributed by atoms with Gasteiger partial charge in [-0.05, 0) is 30.3 Å². The molecule has 30 heavy (non-hydrogen) atoms. The standard InChI is InChI=1S/C27H17N3/c1-2-8-18(9-3-1)30-24-13-7-4-10-19(24)20-14-15-22-25(26(20)30)21-11-5-6-12-23(21)29-17-16-28-27(22)29/h1-17H. The summed E-state index contributed by atoms with van der Waals surface area (Å²) in [7, 11) is 0. The molecule has 7 aromatic rings. The predicted octanol–water partition coefficient (Wildman–Crippen LogP) is 6.74. The van der Waals surface area contributed by atoms with E-state index in [0.29, 0.717) is 0 Å². The number of para-hydroxylation sites is 3. The Morgan fingerprint density at radius 2 is 1.27 bits per heavy atom. The second kappa shape index (κ2) is 5.71. The fraction of sp³-hybridized carbons (Fsp3) is 0. The molecule has 0 aliphatic carbocycles. The molecule has 140 valence electrons. The van der Waals surface area contributed by atoms with E-state index in [1.165, 1.54) is 49.2 Å². The quantitative estimate of drug-likeness (QED) is 0.288. The van der Waals surface area contributed by atoms with Crippen molar-refractivity contribution in [3.8, 4) is 5.69 Å². The molecule has 0 N–H and O–H groups in total. The lowest BCUT2D eigenvalue weighted by atomic mass is 10.0. The van der Waals surface area contributed by atoms with Crippen molar-refractivity contribution in [3.63, 3.8) is 0 Å². The molecule has 3 nitrogen and oxygen atoms in total. The van der Waals surface area contributed by atoms with Crippen LogP contribution in [-0.2, 0) is 0 Å². The topological polar surface area (TPSA) is 22.2 Å². The van der Waals surface area contributed by atoms with Crippen LogP contribution in [-0.4, -0.2) is 14.0 Å². The van der Waals surface area contributed by atoms with Crippen LogP contribution >= 0.6 is 0 Å². The third-order valence-corrected chi connectivity index (χ3v) is 6.17. The molecule has 7 rings (SSSR count). The van der Waals surface area contributed by atoms with Gasteiger partial charge in [-0.25, -0.2) is 4.98 Å². The van der Waals surface area contributed by atoms with Crippen molar-refractivity contribution in [3.05, 3.63) is 103 Å². The monoisotopic (exact) mass is 383 g/mol. The summed E-state index contributed by atoms with van der Waals surface area (Å²) in [5, 5.41) is 6.20. The minimum atomic E-state index is 0.996. The van der Waals surface area contributed by atoms with Gasteiger partial charge >= 0.3 is 0 Å². The van der Waals surface area contributed by atoms with Crippen molar-refractivity contribution in [1.29, 1.82) is 0 Å². The van der Waals surface area contributed by atoms with E-state index in [2.05, 4.69) is 100.0 Å². The number of imidazole rings is 1. The number of aromatic nitrogens is 3. The summed E-state index contributed by atoms with van der Waals surface area (Å²) in [6, 6.07) is 32.4. The SMILES string of the molecule is c1ccc(-n2c3ccccc3c3ccc4c(c5ccccc5n5ccnc45)c32)cc1. The average molecular weight is 383 g/mol. The molecule has 0 saturated heterocycles. The maximum Gasteiger partial charge on any atom is 0.145 e. The summed E-state index contributed by atoms with van der Waals surface area (Å²) in [6.07, 6.45) is 3.94. The Balaban J connectivity index is 1.87. The van der Waals surface area contributed by atoms with Crippen molar-refractivity contribution in [2.45, 2.75) is 0 Å². The fourth-order valence-corrected chi connectivity index (χ4v) is 4.95. The summed E-state index contributed by atoms with van der Waals surface area (Å²) in [5.41, 5.74) is 5.80. The molecule has 0 aliphatic rings. The fourth-order valence-electron chi connectivity index (χ4n) is 4.95. The van der Waals surface area contributed by atoms with Crippen LogP contribution < -0.4 is 0 Å². The van der Waals surface area contributed by atoms with Crippen molar-refractivity contribution in [2.75, 3.05) is 0 Å². The van der Waals surface area contributed by atoms with E-state index in [1.807, 2.05) is 12.4 Å². The van der Waals surface area contributed by atoms with Gasteiger partial charge in [0, 0.05) is 45.0 Å². The van der Waals surface area contributed by atoms with Gasteiger partial charge in [0.2, 0.25) is 0 Å². The zero-order chi connectivity index (χ0) is 19.7. The highest BCUT2D eigenvalue weighted by Gasteiger charge is 2.18. The molecule has 0 unspecified atom stereocenters. The Labute approximate surface area is 172 Å². The van der Waals surface area contributed by atoms with Crippen molar-refractivity contribution in [1.82, 2.24) is 14.0 Å². The maximum absolute atomic E-state index is 4.71. The van der Waals surface area contributed by atoms with Gasteiger partial charge in [0.05, 0.1) is 16.6 Å². The molecular weight excluding hydrogens is 366 g/mol. The van der Waals surface area contributed by atoms with Gasteiger partial charge in [0.25, 0.3) is 0 Å². The molecule has 4 aromatic carbocycles. The predicted molar refractivity (Wildman–Crippen MR) is 125 cm³/mol. The molecule has 0 bridgehead atoms. The number of rotatable bonds is 1. The highest BCUT2D eigenvalue weighted by Crippen LogP contribution is 2.40. The first kappa shape index (κ1) is 15.8. The Morgan fingerprint density at radius 3 is 2.13 bits per heavy atom. The van der Waals surface area contributed by atoms with Gasteiger partial charge in [-0.3, -0.25) is 4.40 Å². The van der Waals surface area contributed by atoms with E-state index in [0.717, 1.165) is 5.65 Å². The average Bonchev–Trinajstić information content (AvgIpc) is 3.43. The van der Waals surface area contributed by atoms with Gasteiger partial charge in [-0.1, -0.05) is 60.7 Å². The molecular formula is C27H17N3. The van der Waals surface area contributed by atoms with E-state index in [1.54, 1.807) is 0 Å². The van der Waals surface area contributed by atoms with Gasteiger partial charge < -0.3 is 4.57 Å². The van der Waals surface area contributed by atoms with Gasteiger partial charge in [0.15, 0.2) is 0 Å². The lowest BCUT2D eigenvalue weighted by Crippen LogP contribution is -1.96. The van der Waals surface area contributed by atoms with Crippen LogP contribution in [0.1, 0.15) is 0 Å². The molecule has 3 aromatic heterocycles. The number of pyridine rings is 1. The van der Waals surface area contributed by atoms with Crippen LogP contribution in [0, 0.1) is 0 Å². The summed E-state index contributed by atoms with van der Waals surface area (Å²) in [4.78, 5) is 4.71. The van der Waals surface area contributed by atoms with Crippen molar-refractivity contribution >= 4 is 49.1 Å². The zero-order valence-corrected chi connectivity index (χ0v) is 16.2. The van der Waals surface area contributed by atoms with Gasteiger partial charge in [-0.2, -0.15) is 0 Å². The van der Waals surface area contributed by atoms with Gasteiger partial charge in [-0.15, -0.1) is 0 Å².